The van der Waals surface area contributed by atoms with Gasteiger partial charge in [0.15, 0.2) is 6.61 Å². The first kappa shape index (κ1) is 23.0. The Labute approximate surface area is 186 Å². The number of aliphatic carboxylic acids is 1. The zero-order chi connectivity index (χ0) is 22.4. The van der Waals surface area contributed by atoms with Gasteiger partial charge in [-0.25, -0.2) is 4.79 Å². The zero-order valence-corrected chi connectivity index (χ0v) is 18.1. The van der Waals surface area contributed by atoms with Gasteiger partial charge in [-0.1, -0.05) is 24.3 Å². The topological polar surface area (TPSA) is 46.5 Å². The SMILES string of the molecule is Cc1cc(SC/C=C(/c2ccc(C(F)(F)F)cc2)c2cccs2)ccc1OCC(=O)O. The number of carbonyl (C=O) groups is 1. The Bertz CT molecular complexity index is 1060. The second-order valence-corrected chi connectivity index (χ2v) is 8.63. The van der Waals surface area contributed by atoms with Gasteiger partial charge in [0.25, 0.3) is 0 Å². The van der Waals surface area contributed by atoms with E-state index in [1.165, 1.54) is 23.5 Å². The maximum Gasteiger partial charge on any atom is 0.416 e. The monoisotopic (exact) mass is 464 g/mol. The van der Waals surface area contributed by atoms with Crippen molar-refractivity contribution in [3.05, 3.63) is 87.6 Å². The lowest BCUT2D eigenvalue weighted by Gasteiger charge is -2.11. The maximum absolute atomic E-state index is 12.9. The van der Waals surface area contributed by atoms with Crippen molar-refractivity contribution in [2.24, 2.45) is 0 Å². The summed E-state index contributed by atoms with van der Waals surface area (Å²) in [5.74, 6) is 0.0990. The van der Waals surface area contributed by atoms with Crippen LogP contribution < -0.4 is 4.74 Å². The number of aryl methyl sites for hydroxylation is 1. The molecule has 0 amide bonds. The molecule has 0 aliphatic rings. The van der Waals surface area contributed by atoms with Gasteiger partial charge in [0.05, 0.1) is 5.56 Å². The average molecular weight is 465 g/mol. The van der Waals surface area contributed by atoms with Crippen LogP contribution in [0.2, 0.25) is 0 Å². The van der Waals surface area contributed by atoms with E-state index < -0.39 is 24.3 Å². The first-order chi connectivity index (χ1) is 14.7. The van der Waals surface area contributed by atoms with Crippen molar-refractivity contribution in [2.75, 3.05) is 12.4 Å². The Kier molecular flexibility index (Phi) is 7.46. The second kappa shape index (κ2) is 10.1. The number of thiophene rings is 1. The first-order valence-electron chi connectivity index (χ1n) is 9.24. The molecule has 31 heavy (non-hydrogen) atoms. The minimum atomic E-state index is -4.36. The molecule has 0 aliphatic heterocycles. The largest absolute Gasteiger partial charge is 0.482 e. The van der Waals surface area contributed by atoms with Crippen LogP contribution in [-0.2, 0) is 11.0 Å². The van der Waals surface area contributed by atoms with Crippen LogP contribution >= 0.6 is 23.1 Å². The van der Waals surface area contributed by atoms with Crippen LogP contribution in [0.25, 0.3) is 5.57 Å². The number of carboxylic acids is 1. The summed E-state index contributed by atoms with van der Waals surface area (Å²) in [6, 6.07) is 14.5. The van der Waals surface area contributed by atoms with Gasteiger partial charge in [0.2, 0.25) is 0 Å². The van der Waals surface area contributed by atoms with E-state index >= 15 is 0 Å². The molecular formula is C23H19F3O3S2. The second-order valence-electron chi connectivity index (χ2n) is 6.59. The van der Waals surface area contributed by atoms with Crippen LogP contribution in [0, 0.1) is 6.92 Å². The summed E-state index contributed by atoms with van der Waals surface area (Å²) < 4.78 is 43.9. The van der Waals surface area contributed by atoms with Crippen molar-refractivity contribution in [3.8, 4) is 5.75 Å². The number of carboxylic acid groups (broad SMARTS) is 1. The fourth-order valence-electron chi connectivity index (χ4n) is 2.87. The average Bonchev–Trinajstić information content (AvgIpc) is 3.24. The van der Waals surface area contributed by atoms with Crippen LogP contribution in [0.3, 0.4) is 0 Å². The highest BCUT2D eigenvalue weighted by molar-refractivity contribution is 7.99. The fraction of sp³-hybridized carbons (Fsp3) is 0.174. The smallest absolute Gasteiger partial charge is 0.416 e. The van der Waals surface area contributed by atoms with E-state index in [1.807, 2.05) is 42.6 Å². The van der Waals surface area contributed by atoms with Gasteiger partial charge in [-0.05, 0) is 65.4 Å². The molecule has 3 nitrogen and oxygen atoms in total. The van der Waals surface area contributed by atoms with Gasteiger partial charge in [-0.2, -0.15) is 13.2 Å². The van der Waals surface area contributed by atoms with E-state index in [-0.39, 0.29) is 0 Å². The summed E-state index contributed by atoms with van der Waals surface area (Å²) in [6.45, 7) is 1.45. The predicted octanol–water partition coefficient (Wildman–Crippen LogP) is 6.76. The molecule has 0 aliphatic carbocycles. The van der Waals surface area contributed by atoms with Crippen molar-refractivity contribution in [1.29, 1.82) is 0 Å². The van der Waals surface area contributed by atoms with Crippen LogP contribution in [0.4, 0.5) is 13.2 Å². The molecule has 1 aromatic heterocycles. The molecule has 1 heterocycles. The number of hydrogen-bond donors (Lipinski definition) is 1. The quantitative estimate of drug-likeness (QED) is 0.374. The standard InChI is InChI=1S/C23H19F3O3S2/c1-15-13-18(8-9-20(15)29-14-22(27)28)30-12-10-19(21-3-2-11-31-21)16-4-6-17(7-5-16)23(24,25)26/h2-11,13H,12,14H2,1H3,(H,27,28)/b19-10-. The van der Waals surface area contributed by atoms with E-state index in [2.05, 4.69) is 0 Å². The molecular weight excluding hydrogens is 445 g/mol. The normalized spacial score (nSPS) is 12.1. The third-order valence-corrected chi connectivity index (χ3v) is 6.17. The zero-order valence-electron chi connectivity index (χ0n) is 16.5. The van der Waals surface area contributed by atoms with Crippen molar-refractivity contribution in [1.82, 2.24) is 0 Å². The fourth-order valence-corrected chi connectivity index (χ4v) is 4.52. The highest BCUT2D eigenvalue weighted by Gasteiger charge is 2.30. The summed E-state index contributed by atoms with van der Waals surface area (Å²) in [5, 5.41) is 10.7. The van der Waals surface area contributed by atoms with E-state index in [9.17, 15) is 18.0 Å². The van der Waals surface area contributed by atoms with Gasteiger partial charge in [-0.15, -0.1) is 23.1 Å². The number of alkyl halides is 3. The maximum atomic E-state index is 12.9. The van der Waals surface area contributed by atoms with Crippen LogP contribution in [0.1, 0.15) is 21.6 Å². The number of benzene rings is 2. The summed E-state index contributed by atoms with van der Waals surface area (Å²) >= 11 is 3.10. The van der Waals surface area contributed by atoms with Crippen LogP contribution in [0.5, 0.6) is 5.75 Å². The third-order valence-electron chi connectivity index (χ3n) is 4.34. The highest BCUT2D eigenvalue weighted by Crippen LogP contribution is 2.33. The van der Waals surface area contributed by atoms with Gasteiger partial charge < -0.3 is 9.84 Å². The molecule has 0 radical (unpaired) electrons. The van der Waals surface area contributed by atoms with Gasteiger partial charge in [0.1, 0.15) is 5.75 Å². The van der Waals surface area contributed by atoms with Crippen molar-refractivity contribution < 1.29 is 27.8 Å². The molecule has 0 fully saturated rings. The van der Waals surface area contributed by atoms with Crippen LogP contribution in [0.15, 0.2) is 70.9 Å². The Morgan fingerprint density at radius 3 is 2.48 bits per heavy atom. The van der Waals surface area contributed by atoms with E-state index in [1.54, 1.807) is 17.8 Å². The molecule has 3 rings (SSSR count). The molecule has 0 spiro atoms. The number of rotatable bonds is 8. The molecule has 3 aromatic rings. The van der Waals surface area contributed by atoms with Crippen molar-refractivity contribution >= 4 is 34.6 Å². The summed E-state index contributed by atoms with van der Waals surface area (Å²) in [4.78, 5) is 12.6. The summed E-state index contributed by atoms with van der Waals surface area (Å²) in [7, 11) is 0. The lowest BCUT2D eigenvalue weighted by atomic mass is 10.0. The molecule has 0 bridgehead atoms. The van der Waals surface area contributed by atoms with Gasteiger partial charge in [-0.3, -0.25) is 0 Å². The van der Waals surface area contributed by atoms with E-state index in [0.29, 0.717) is 11.5 Å². The number of ether oxygens (including phenoxy) is 1. The summed E-state index contributed by atoms with van der Waals surface area (Å²) in [5.41, 5.74) is 1.77. The van der Waals surface area contributed by atoms with Crippen molar-refractivity contribution in [2.45, 2.75) is 18.0 Å². The predicted molar refractivity (Wildman–Crippen MR) is 118 cm³/mol. The molecule has 0 saturated heterocycles. The lowest BCUT2D eigenvalue weighted by Crippen LogP contribution is -2.09. The molecule has 2 aromatic carbocycles. The molecule has 1 N–H and O–H groups in total. The minimum Gasteiger partial charge on any atom is -0.482 e. The first-order valence-corrected chi connectivity index (χ1v) is 11.1. The third kappa shape index (κ3) is 6.38. The highest BCUT2D eigenvalue weighted by atomic mass is 32.2. The van der Waals surface area contributed by atoms with Gasteiger partial charge in [0, 0.05) is 15.5 Å². The van der Waals surface area contributed by atoms with E-state index in [4.69, 9.17) is 9.84 Å². The van der Waals surface area contributed by atoms with Crippen molar-refractivity contribution in [3.63, 3.8) is 0 Å². The molecule has 0 atom stereocenters. The number of hydrogen-bond acceptors (Lipinski definition) is 4. The molecule has 0 saturated carbocycles. The summed E-state index contributed by atoms with van der Waals surface area (Å²) in [6.07, 6.45) is -2.36. The molecule has 8 heteroatoms. The lowest BCUT2D eigenvalue weighted by molar-refractivity contribution is -0.139. The molecule has 0 unspecified atom stereocenters. The number of halogens is 3. The Morgan fingerprint density at radius 2 is 1.90 bits per heavy atom. The minimum absolute atomic E-state index is 0.395. The Balaban J connectivity index is 1.75. The Morgan fingerprint density at radius 1 is 1.16 bits per heavy atom. The van der Waals surface area contributed by atoms with Gasteiger partial charge >= 0.3 is 12.1 Å². The van der Waals surface area contributed by atoms with E-state index in [0.717, 1.165) is 38.6 Å². The van der Waals surface area contributed by atoms with Crippen LogP contribution in [-0.4, -0.2) is 23.4 Å². The Hall–Kier alpha value is -2.71. The molecule has 162 valence electrons. The number of thioether (sulfide) groups is 1.